The molecule has 0 aliphatic carbocycles. The molecule has 0 unspecified atom stereocenters. The Labute approximate surface area is 97.3 Å². The molecule has 5 heteroatoms. The van der Waals surface area contributed by atoms with E-state index in [1.807, 2.05) is 0 Å². The number of aromatic nitrogens is 2. The van der Waals surface area contributed by atoms with E-state index in [1.54, 1.807) is 13.0 Å². The predicted molar refractivity (Wildman–Crippen MR) is 58.9 cm³/mol. The molecule has 0 amide bonds. The van der Waals surface area contributed by atoms with Crippen LogP contribution in [0, 0.1) is 12.7 Å². The number of hydrogen-bond acceptors (Lipinski definition) is 3. The average Bonchev–Trinajstić information content (AvgIpc) is 2.67. The lowest BCUT2D eigenvalue weighted by atomic mass is 10.1. The molecule has 0 N–H and O–H groups in total. The summed E-state index contributed by atoms with van der Waals surface area (Å²) in [6, 6.07) is 4.43. The van der Waals surface area contributed by atoms with Gasteiger partial charge in [0, 0.05) is 17.9 Å². The quantitative estimate of drug-likeness (QED) is 0.775. The molecule has 1 aromatic carbocycles. The molecule has 0 spiro atoms. The van der Waals surface area contributed by atoms with Crippen LogP contribution in [0.5, 0.6) is 0 Å². The molecule has 0 fully saturated rings. The Morgan fingerprint density at radius 2 is 2.19 bits per heavy atom. The van der Waals surface area contributed by atoms with Crippen molar-refractivity contribution < 1.29 is 8.81 Å². The number of rotatable bonds is 3. The van der Waals surface area contributed by atoms with Gasteiger partial charge >= 0.3 is 0 Å². The van der Waals surface area contributed by atoms with Crippen molar-refractivity contribution in [3.05, 3.63) is 35.5 Å². The van der Waals surface area contributed by atoms with Gasteiger partial charge in [0.05, 0.1) is 0 Å². The SMILES string of the molecule is Cc1cc(F)ccc1-c1nnc(CCCl)o1. The van der Waals surface area contributed by atoms with E-state index in [1.165, 1.54) is 12.1 Å². The molecule has 0 saturated carbocycles. The molecule has 2 aromatic rings. The maximum absolute atomic E-state index is 12.9. The van der Waals surface area contributed by atoms with Crippen molar-refractivity contribution in [1.82, 2.24) is 10.2 Å². The summed E-state index contributed by atoms with van der Waals surface area (Å²) in [7, 11) is 0. The van der Waals surface area contributed by atoms with Gasteiger partial charge in [-0.05, 0) is 30.7 Å². The van der Waals surface area contributed by atoms with E-state index in [4.69, 9.17) is 16.0 Å². The summed E-state index contributed by atoms with van der Waals surface area (Å²) in [4.78, 5) is 0. The second-order valence-corrected chi connectivity index (χ2v) is 3.78. The van der Waals surface area contributed by atoms with Gasteiger partial charge in [0.2, 0.25) is 11.8 Å². The summed E-state index contributed by atoms with van der Waals surface area (Å²) < 4.78 is 18.3. The summed E-state index contributed by atoms with van der Waals surface area (Å²) >= 11 is 5.57. The maximum Gasteiger partial charge on any atom is 0.248 e. The highest BCUT2D eigenvalue weighted by Gasteiger charge is 2.10. The van der Waals surface area contributed by atoms with Crippen LogP contribution in [-0.4, -0.2) is 16.1 Å². The van der Waals surface area contributed by atoms with E-state index < -0.39 is 0 Å². The number of aryl methyl sites for hydroxylation is 2. The van der Waals surface area contributed by atoms with Gasteiger partial charge in [-0.2, -0.15) is 0 Å². The molecule has 0 saturated heterocycles. The maximum atomic E-state index is 12.9. The van der Waals surface area contributed by atoms with Crippen LogP contribution in [-0.2, 0) is 6.42 Å². The van der Waals surface area contributed by atoms with Crippen LogP contribution >= 0.6 is 11.6 Å². The smallest absolute Gasteiger partial charge is 0.248 e. The van der Waals surface area contributed by atoms with Crippen LogP contribution in [0.3, 0.4) is 0 Å². The number of alkyl halides is 1. The van der Waals surface area contributed by atoms with Gasteiger partial charge in [-0.3, -0.25) is 0 Å². The zero-order chi connectivity index (χ0) is 11.5. The fraction of sp³-hybridized carbons (Fsp3) is 0.273. The fourth-order valence-corrected chi connectivity index (χ4v) is 1.57. The van der Waals surface area contributed by atoms with E-state index >= 15 is 0 Å². The average molecular weight is 241 g/mol. The molecule has 0 aliphatic heterocycles. The molecule has 0 aliphatic rings. The van der Waals surface area contributed by atoms with Gasteiger partial charge in [-0.25, -0.2) is 4.39 Å². The first-order chi connectivity index (χ1) is 7.70. The third kappa shape index (κ3) is 2.22. The lowest BCUT2D eigenvalue weighted by molar-refractivity contribution is 0.513. The molecule has 16 heavy (non-hydrogen) atoms. The van der Waals surface area contributed by atoms with Crippen LogP contribution in [0.1, 0.15) is 11.5 Å². The van der Waals surface area contributed by atoms with Crippen molar-refractivity contribution in [2.75, 3.05) is 5.88 Å². The molecule has 3 nitrogen and oxygen atoms in total. The number of nitrogens with zero attached hydrogens (tertiary/aromatic N) is 2. The molecular formula is C11H10ClFN2O. The zero-order valence-electron chi connectivity index (χ0n) is 8.70. The summed E-state index contributed by atoms with van der Waals surface area (Å²) in [6.07, 6.45) is 0.537. The Bertz CT molecular complexity index is 498. The summed E-state index contributed by atoms with van der Waals surface area (Å²) in [6.45, 7) is 1.80. The standard InChI is InChI=1S/C11H10ClFN2O/c1-7-6-8(13)2-3-9(7)11-15-14-10(16-11)4-5-12/h2-3,6H,4-5H2,1H3. The van der Waals surface area contributed by atoms with Crippen LogP contribution in [0.4, 0.5) is 4.39 Å². The number of halogens is 2. The summed E-state index contributed by atoms with van der Waals surface area (Å²) in [5.41, 5.74) is 1.51. The van der Waals surface area contributed by atoms with E-state index in [-0.39, 0.29) is 5.82 Å². The van der Waals surface area contributed by atoms with Crippen LogP contribution in [0.2, 0.25) is 0 Å². The van der Waals surface area contributed by atoms with Crippen molar-refractivity contribution in [1.29, 1.82) is 0 Å². The fourth-order valence-electron chi connectivity index (χ4n) is 1.41. The first kappa shape index (κ1) is 11.1. The molecule has 0 bridgehead atoms. The second-order valence-electron chi connectivity index (χ2n) is 3.40. The highest BCUT2D eigenvalue weighted by molar-refractivity contribution is 6.17. The van der Waals surface area contributed by atoms with Gasteiger partial charge in [0.25, 0.3) is 0 Å². The van der Waals surface area contributed by atoms with Crippen LogP contribution < -0.4 is 0 Å². The van der Waals surface area contributed by atoms with E-state index in [2.05, 4.69) is 10.2 Å². The van der Waals surface area contributed by atoms with E-state index in [0.717, 1.165) is 11.1 Å². The minimum absolute atomic E-state index is 0.276. The highest BCUT2D eigenvalue weighted by Crippen LogP contribution is 2.22. The number of hydrogen-bond donors (Lipinski definition) is 0. The van der Waals surface area contributed by atoms with Gasteiger partial charge < -0.3 is 4.42 Å². The van der Waals surface area contributed by atoms with Gasteiger partial charge in [-0.15, -0.1) is 21.8 Å². The monoisotopic (exact) mass is 240 g/mol. The topological polar surface area (TPSA) is 38.9 Å². The number of benzene rings is 1. The molecule has 1 heterocycles. The Morgan fingerprint density at radius 3 is 2.88 bits per heavy atom. The van der Waals surface area contributed by atoms with Crippen molar-refractivity contribution >= 4 is 11.6 Å². The van der Waals surface area contributed by atoms with Gasteiger partial charge in [0.15, 0.2) is 0 Å². The third-order valence-corrected chi connectivity index (χ3v) is 2.38. The minimum Gasteiger partial charge on any atom is -0.421 e. The van der Waals surface area contributed by atoms with Crippen LogP contribution in [0.15, 0.2) is 22.6 Å². The van der Waals surface area contributed by atoms with Gasteiger partial charge in [-0.1, -0.05) is 0 Å². The Hall–Kier alpha value is -1.42. The second kappa shape index (κ2) is 4.61. The van der Waals surface area contributed by atoms with Crippen LogP contribution in [0.25, 0.3) is 11.5 Å². The Morgan fingerprint density at radius 1 is 1.38 bits per heavy atom. The predicted octanol–water partition coefficient (Wildman–Crippen LogP) is 2.97. The molecule has 84 valence electrons. The molecular weight excluding hydrogens is 231 g/mol. The first-order valence-electron chi connectivity index (χ1n) is 4.85. The Balaban J connectivity index is 2.35. The van der Waals surface area contributed by atoms with E-state index in [9.17, 15) is 4.39 Å². The van der Waals surface area contributed by atoms with Gasteiger partial charge in [0.1, 0.15) is 5.82 Å². The minimum atomic E-state index is -0.276. The summed E-state index contributed by atoms with van der Waals surface area (Å²) in [5.74, 6) is 1.05. The van der Waals surface area contributed by atoms with E-state index in [0.29, 0.717) is 24.1 Å². The first-order valence-corrected chi connectivity index (χ1v) is 5.39. The van der Waals surface area contributed by atoms with Crippen molar-refractivity contribution in [2.24, 2.45) is 0 Å². The Kier molecular flexibility index (Phi) is 3.19. The molecule has 1 aromatic heterocycles. The molecule has 0 radical (unpaired) electrons. The lowest BCUT2D eigenvalue weighted by Gasteiger charge is -1.99. The zero-order valence-corrected chi connectivity index (χ0v) is 9.46. The van der Waals surface area contributed by atoms with Crippen molar-refractivity contribution in [3.63, 3.8) is 0 Å². The van der Waals surface area contributed by atoms with Crippen molar-refractivity contribution in [2.45, 2.75) is 13.3 Å². The highest BCUT2D eigenvalue weighted by atomic mass is 35.5. The normalized spacial score (nSPS) is 10.7. The largest absolute Gasteiger partial charge is 0.421 e. The molecule has 0 atom stereocenters. The lowest BCUT2D eigenvalue weighted by Crippen LogP contribution is -1.85. The van der Waals surface area contributed by atoms with Crippen molar-refractivity contribution in [3.8, 4) is 11.5 Å². The summed E-state index contributed by atoms with van der Waals surface area (Å²) in [5, 5.41) is 7.75. The molecule has 2 rings (SSSR count). The third-order valence-electron chi connectivity index (χ3n) is 2.19.